The molecule has 0 saturated heterocycles. The lowest BCUT2D eigenvalue weighted by molar-refractivity contribution is 0.0917. The predicted octanol–water partition coefficient (Wildman–Crippen LogP) is 4.50. The van der Waals surface area contributed by atoms with E-state index in [9.17, 15) is 0 Å². The van der Waals surface area contributed by atoms with Gasteiger partial charge in [-0.15, -0.1) is 0 Å². The van der Waals surface area contributed by atoms with Crippen molar-refractivity contribution in [2.75, 3.05) is 6.54 Å². The monoisotopic (exact) mass is 351 g/mol. The molecule has 114 valence electrons. The minimum absolute atomic E-state index is 0.493. The van der Waals surface area contributed by atoms with E-state index in [0.29, 0.717) is 19.1 Å². The van der Waals surface area contributed by atoms with Gasteiger partial charge in [-0.25, -0.2) is 0 Å². The lowest BCUT2D eigenvalue weighted by atomic mass is 10.2. The van der Waals surface area contributed by atoms with Crippen molar-refractivity contribution in [1.82, 2.24) is 5.32 Å². The van der Waals surface area contributed by atoms with E-state index in [1.807, 2.05) is 24.3 Å². The number of ether oxygens (including phenoxy) is 1. The van der Waals surface area contributed by atoms with E-state index in [-0.39, 0.29) is 0 Å². The van der Waals surface area contributed by atoms with Crippen molar-refractivity contribution in [3.63, 3.8) is 0 Å². The Hall–Kier alpha value is -1.10. The Morgan fingerprint density at radius 1 is 1.14 bits per heavy atom. The quantitative estimate of drug-likeness (QED) is 0.759. The van der Waals surface area contributed by atoms with Gasteiger partial charge in [-0.1, -0.05) is 48.0 Å². The Morgan fingerprint density at radius 3 is 2.71 bits per heavy atom. The van der Waals surface area contributed by atoms with E-state index in [2.05, 4.69) is 41.2 Å². The van der Waals surface area contributed by atoms with Gasteiger partial charge < -0.3 is 14.5 Å². The fourth-order valence-corrected chi connectivity index (χ4v) is 2.42. The third kappa shape index (κ3) is 5.30. The van der Waals surface area contributed by atoms with Crippen LogP contribution in [-0.2, 0) is 24.5 Å². The van der Waals surface area contributed by atoms with Crippen LogP contribution in [0.5, 0.6) is 0 Å². The molecule has 2 aromatic rings. The molecule has 0 spiro atoms. The minimum Gasteiger partial charge on any atom is -0.467 e. The number of halogens is 1. The van der Waals surface area contributed by atoms with Crippen LogP contribution in [0.2, 0.25) is 0 Å². The molecule has 0 unspecified atom stereocenters. The molecule has 0 amide bonds. The fraction of sp³-hybridized carbons (Fsp3) is 0.412. The SMILES string of the molecule is CC(C)CNCc1ccoc1COCc1ccccc1Br. The van der Waals surface area contributed by atoms with Crippen LogP contribution >= 0.6 is 15.9 Å². The van der Waals surface area contributed by atoms with Crippen molar-refractivity contribution < 1.29 is 9.15 Å². The van der Waals surface area contributed by atoms with Crippen molar-refractivity contribution in [2.24, 2.45) is 5.92 Å². The van der Waals surface area contributed by atoms with Gasteiger partial charge in [-0.2, -0.15) is 0 Å². The summed E-state index contributed by atoms with van der Waals surface area (Å²) >= 11 is 3.52. The molecule has 3 nitrogen and oxygen atoms in total. The topological polar surface area (TPSA) is 34.4 Å². The third-order valence-corrected chi connectivity index (χ3v) is 3.93. The molecule has 0 aliphatic carbocycles. The summed E-state index contributed by atoms with van der Waals surface area (Å²) in [5.74, 6) is 1.55. The molecular weight excluding hydrogens is 330 g/mol. The molecule has 1 N–H and O–H groups in total. The molecule has 0 aliphatic heterocycles. The number of benzene rings is 1. The van der Waals surface area contributed by atoms with Gasteiger partial charge in [-0.3, -0.25) is 0 Å². The first kappa shape index (κ1) is 16.3. The van der Waals surface area contributed by atoms with Gasteiger partial charge in [0.2, 0.25) is 0 Å². The zero-order chi connectivity index (χ0) is 15.1. The summed E-state index contributed by atoms with van der Waals surface area (Å²) in [6.45, 7) is 7.28. The van der Waals surface area contributed by atoms with Crippen molar-refractivity contribution in [3.8, 4) is 0 Å². The standard InChI is InChI=1S/C17H22BrNO2/c1-13(2)9-19-10-14-7-8-21-17(14)12-20-11-15-5-3-4-6-16(15)18/h3-8,13,19H,9-12H2,1-2H3. The van der Waals surface area contributed by atoms with E-state index in [0.717, 1.165) is 28.9 Å². The molecule has 0 radical (unpaired) electrons. The van der Waals surface area contributed by atoms with Crippen LogP contribution in [-0.4, -0.2) is 6.54 Å². The zero-order valence-corrected chi connectivity index (χ0v) is 14.2. The molecule has 1 aromatic heterocycles. The molecule has 1 aromatic carbocycles. The van der Waals surface area contributed by atoms with Crippen LogP contribution in [0.4, 0.5) is 0 Å². The summed E-state index contributed by atoms with van der Waals surface area (Å²) in [5, 5.41) is 3.42. The minimum atomic E-state index is 0.493. The Morgan fingerprint density at radius 2 is 1.95 bits per heavy atom. The fourth-order valence-electron chi connectivity index (χ4n) is 2.02. The summed E-state index contributed by atoms with van der Waals surface area (Å²) in [5.41, 5.74) is 2.31. The first-order valence-corrected chi connectivity index (χ1v) is 8.03. The molecule has 0 saturated carbocycles. The van der Waals surface area contributed by atoms with Crippen LogP contribution in [0.25, 0.3) is 0 Å². The summed E-state index contributed by atoms with van der Waals surface area (Å²) in [6, 6.07) is 10.1. The maximum Gasteiger partial charge on any atom is 0.133 e. The summed E-state index contributed by atoms with van der Waals surface area (Å²) < 4.78 is 12.3. The van der Waals surface area contributed by atoms with Crippen LogP contribution in [0.1, 0.15) is 30.7 Å². The average Bonchev–Trinajstić information content (AvgIpc) is 2.88. The average molecular weight is 352 g/mol. The maximum atomic E-state index is 5.76. The van der Waals surface area contributed by atoms with Crippen molar-refractivity contribution >= 4 is 15.9 Å². The second kappa shape index (κ2) is 8.37. The molecule has 0 bridgehead atoms. The van der Waals surface area contributed by atoms with Gasteiger partial charge in [0, 0.05) is 16.6 Å². The first-order valence-electron chi connectivity index (χ1n) is 7.24. The summed E-state index contributed by atoms with van der Waals surface area (Å²) in [4.78, 5) is 0. The molecule has 0 aliphatic rings. The van der Waals surface area contributed by atoms with E-state index in [1.54, 1.807) is 6.26 Å². The van der Waals surface area contributed by atoms with Crippen LogP contribution in [0, 0.1) is 5.92 Å². The third-order valence-electron chi connectivity index (χ3n) is 3.15. The zero-order valence-electron chi connectivity index (χ0n) is 12.6. The molecular formula is C17H22BrNO2. The van der Waals surface area contributed by atoms with Gasteiger partial charge in [0.1, 0.15) is 12.4 Å². The van der Waals surface area contributed by atoms with E-state index in [1.165, 1.54) is 5.56 Å². The van der Waals surface area contributed by atoms with Crippen LogP contribution in [0.15, 0.2) is 45.5 Å². The second-order valence-corrected chi connectivity index (χ2v) is 6.33. The molecule has 21 heavy (non-hydrogen) atoms. The normalized spacial score (nSPS) is 11.2. The molecule has 0 fully saturated rings. The number of hydrogen-bond donors (Lipinski definition) is 1. The summed E-state index contributed by atoms with van der Waals surface area (Å²) in [7, 11) is 0. The molecule has 4 heteroatoms. The van der Waals surface area contributed by atoms with E-state index >= 15 is 0 Å². The smallest absolute Gasteiger partial charge is 0.133 e. The predicted molar refractivity (Wildman–Crippen MR) is 87.9 cm³/mol. The van der Waals surface area contributed by atoms with Crippen molar-refractivity contribution in [2.45, 2.75) is 33.6 Å². The largest absolute Gasteiger partial charge is 0.467 e. The molecule has 1 heterocycles. The Bertz CT molecular complexity index is 551. The highest BCUT2D eigenvalue weighted by Crippen LogP contribution is 2.18. The van der Waals surface area contributed by atoms with E-state index in [4.69, 9.17) is 9.15 Å². The number of hydrogen-bond acceptors (Lipinski definition) is 3. The lowest BCUT2D eigenvalue weighted by Crippen LogP contribution is -2.19. The van der Waals surface area contributed by atoms with Gasteiger partial charge in [0.25, 0.3) is 0 Å². The van der Waals surface area contributed by atoms with Crippen molar-refractivity contribution in [3.05, 3.63) is 58.0 Å². The van der Waals surface area contributed by atoms with Gasteiger partial charge in [0.05, 0.1) is 12.9 Å². The number of furan rings is 1. The Labute approximate surface area is 134 Å². The van der Waals surface area contributed by atoms with Crippen molar-refractivity contribution in [1.29, 1.82) is 0 Å². The van der Waals surface area contributed by atoms with Crippen LogP contribution < -0.4 is 5.32 Å². The molecule has 0 atom stereocenters. The van der Waals surface area contributed by atoms with Gasteiger partial charge >= 0.3 is 0 Å². The highest BCUT2D eigenvalue weighted by atomic mass is 79.9. The summed E-state index contributed by atoms with van der Waals surface area (Å²) in [6.07, 6.45) is 1.73. The van der Waals surface area contributed by atoms with Gasteiger partial charge in [-0.05, 0) is 30.2 Å². The maximum absolute atomic E-state index is 5.76. The van der Waals surface area contributed by atoms with E-state index < -0.39 is 0 Å². The van der Waals surface area contributed by atoms with Crippen LogP contribution in [0.3, 0.4) is 0 Å². The lowest BCUT2D eigenvalue weighted by Gasteiger charge is -2.08. The van der Waals surface area contributed by atoms with Gasteiger partial charge in [0.15, 0.2) is 0 Å². The Balaban J connectivity index is 1.81. The first-order chi connectivity index (χ1) is 10.2. The highest BCUT2D eigenvalue weighted by molar-refractivity contribution is 9.10. The Kier molecular flexibility index (Phi) is 6.49. The highest BCUT2D eigenvalue weighted by Gasteiger charge is 2.07. The number of rotatable bonds is 8. The molecule has 2 rings (SSSR count). The second-order valence-electron chi connectivity index (χ2n) is 5.48. The number of nitrogens with one attached hydrogen (secondary N) is 1.